The number of rotatable bonds is 4. The summed E-state index contributed by atoms with van der Waals surface area (Å²) in [6.45, 7) is 0.163. The predicted molar refractivity (Wildman–Crippen MR) is 109 cm³/mol. The summed E-state index contributed by atoms with van der Waals surface area (Å²) in [6.07, 6.45) is 2.13. The van der Waals surface area contributed by atoms with Gasteiger partial charge in [0.15, 0.2) is 5.41 Å². The van der Waals surface area contributed by atoms with Crippen LogP contribution in [-0.4, -0.2) is 44.9 Å². The van der Waals surface area contributed by atoms with Crippen LogP contribution in [0.5, 0.6) is 5.75 Å². The van der Waals surface area contributed by atoms with Crippen molar-refractivity contribution in [2.24, 2.45) is 5.41 Å². The van der Waals surface area contributed by atoms with Crippen LogP contribution in [0.1, 0.15) is 29.2 Å². The van der Waals surface area contributed by atoms with Crippen molar-refractivity contribution < 1.29 is 28.6 Å². The summed E-state index contributed by atoms with van der Waals surface area (Å²) in [5.41, 5.74) is 1.74. The molecule has 1 unspecified atom stereocenters. The van der Waals surface area contributed by atoms with Gasteiger partial charge >= 0.3 is 11.9 Å². The highest BCUT2D eigenvalue weighted by Crippen LogP contribution is 2.53. The molecule has 7 nitrogen and oxygen atoms in total. The second-order valence-electron chi connectivity index (χ2n) is 7.15. The lowest BCUT2D eigenvalue weighted by Crippen LogP contribution is -2.56. The maximum absolute atomic E-state index is 13.0. The standard InChI is InChI=1S/C23H23NO6/c1-27-17-10-8-15(9-11-17)19-14-16-6-4-5-7-18(16)20-23(21(25)28-2,22(26)29-3)12-13-30-24(19)20/h4-11,14,20H,12-13H2,1-3H3. The molecule has 0 aromatic heterocycles. The highest BCUT2D eigenvalue weighted by Gasteiger charge is 2.61. The fourth-order valence-electron chi connectivity index (χ4n) is 4.27. The molecular formula is C23H23NO6. The largest absolute Gasteiger partial charge is 0.497 e. The van der Waals surface area contributed by atoms with Crippen molar-refractivity contribution in [1.82, 2.24) is 5.06 Å². The molecule has 1 saturated heterocycles. The van der Waals surface area contributed by atoms with E-state index in [0.29, 0.717) is 0 Å². The van der Waals surface area contributed by atoms with Gasteiger partial charge in [0.25, 0.3) is 0 Å². The Morgan fingerprint density at radius 3 is 2.30 bits per heavy atom. The van der Waals surface area contributed by atoms with E-state index in [0.717, 1.165) is 28.1 Å². The van der Waals surface area contributed by atoms with Gasteiger partial charge in [-0.15, -0.1) is 0 Å². The number of fused-ring (bicyclic) bond motifs is 3. The summed E-state index contributed by atoms with van der Waals surface area (Å²) in [5.74, 6) is -0.554. The van der Waals surface area contributed by atoms with Crippen molar-refractivity contribution in [3.05, 3.63) is 65.2 Å². The second-order valence-corrected chi connectivity index (χ2v) is 7.15. The molecule has 0 N–H and O–H groups in total. The van der Waals surface area contributed by atoms with E-state index < -0.39 is 23.4 Å². The molecule has 2 aromatic carbocycles. The quantitative estimate of drug-likeness (QED) is 0.567. The first kappa shape index (κ1) is 20.0. The van der Waals surface area contributed by atoms with E-state index in [1.807, 2.05) is 54.6 Å². The zero-order valence-electron chi connectivity index (χ0n) is 17.1. The minimum Gasteiger partial charge on any atom is -0.497 e. The zero-order chi connectivity index (χ0) is 21.3. The first-order valence-corrected chi connectivity index (χ1v) is 9.61. The van der Waals surface area contributed by atoms with Gasteiger partial charge in [-0.05, 0) is 41.5 Å². The van der Waals surface area contributed by atoms with Gasteiger partial charge in [0.2, 0.25) is 0 Å². The number of hydroxylamine groups is 2. The normalized spacial score (nSPS) is 19.1. The molecule has 0 aliphatic carbocycles. The lowest BCUT2D eigenvalue weighted by atomic mass is 9.71. The molecule has 1 atom stereocenters. The van der Waals surface area contributed by atoms with Crippen molar-refractivity contribution in [2.75, 3.05) is 27.9 Å². The molecule has 2 aliphatic rings. The summed E-state index contributed by atoms with van der Waals surface area (Å²) < 4.78 is 15.4. The van der Waals surface area contributed by atoms with E-state index in [1.165, 1.54) is 14.2 Å². The van der Waals surface area contributed by atoms with Crippen molar-refractivity contribution in [2.45, 2.75) is 12.5 Å². The van der Waals surface area contributed by atoms with Gasteiger partial charge < -0.3 is 14.2 Å². The molecule has 30 heavy (non-hydrogen) atoms. The minimum absolute atomic E-state index is 0.151. The van der Waals surface area contributed by atoms with Gasteiger partial charge in [-0.25, -0.2) is 5.06 Å². The highest BCUT2D eigenvalue weighted by molar-refractivity contribution is 6.02. The molecule has 0 bridgehead atoms. The average molecular weight is 409 g/mol. The molecule has 2 heterocycles. The Balaban J connectivity index is 1.93. The Labute approximate surface area is 174 Å². The maximum atomic E-state index is 13.0. The van der Waals surface area contributed by atoms with Gasteiger partial charge in [-0.2, -0.15) is 0 Å². The third-order valence-electron chi connectivity index (χ3n) is 5.73. The molecule has 156 valence electrons. The van der Waals surface area contributed by atoms with Crippen molar-refractivity contribution in [3.8, 4) is 5.75 Å². The van der Waals surface area contributed by atoms with Crippen LogP contribution in [0, 0.1) is 5.41 Å². The first-order chi connectivity index (χ1) is 14.6. The molecule has 4 rings (SSSR count). The molecule has 0 radical (unpaired) electrons. The number of carbonyl (C=O) groups excluding carboxylic acids is 2. The number of carbonyl (C=O) groups is 2. The zero-order valence-corrected chi connectivity index (χ0v) is 17.1. The van der Waals surface area contributed by atoms with Gasteiger partial charge in [0.05, 0.1) is 33.6 Å². The molecular weight excluding hydrogens is 386 g/mol. The summed E-state index contributed by atoms with van der Waals surface area (Å²) in [7, 11) is 4.17. The Bertz CT molecular complexity index is 981. The van der Waals surface area contributed by atoms with Gasteiger partial charge in [-0.3, -0.25) is 14.4 Å². The van der Waals surface area contributed by atoms with E-state index in [1.54, 1.807) is 12.2 Å². The number of ether oxygens (including phenoxy) is 3. The molecule has 1 fully saturated rings. The maximum Gasteiger partial charge on any atom is 0.325 e. The van der Waals surface area contributed by atoms with Gasteiger partial charge in [0, 0.05) is 12.0 Å². The van der Waals surface area contributed by atoms with Crippen molar-refractivity contribution >= 4 is 23.7 Å². The molecule has 0 spiro atoms. The molecule has 0 amide bonds. The second kappa shape index (κ2) is 7.84. The number of nitrogens with zero attached hydrogens (tertiary/aromatic N) is 1. The van der Waals surface area contributed by atoms with E-state index in [4.69, 9.17) is 19.0 Å². The fraction of sp³-hybridized carbons (Fsp3) is 0.304. The minimum atomic E-state index is -1.55. The molecule has 2 aromatic rings. The Morgan fingerprint density at radius 1 is 1.00 bits per heavy atom. The topological polar surface area (TPSA) is 74.3 Å². The third-order valence-corrected chi connectivity index (χ3v) is 5.73. The van der Waals surface area contributed by atoms with Crippen LogP contribution in [0.4, 0.5) is 0 Å². The number of benzene rings is 2. The number of hydrogen-bond donors (Lipinski definition) is 0. The van der Waals surface area contributed by atoms with E-state index in [2.05, 4.69) is 0 Å². The summed E-state index contributed by atoms with van der Waals surface area (Å²) >= 11 is 0. The Morgan fingerprint density at radius 2 is 1.67 bits per heavy atom. The van der Waals surface area contributed by atoms with Crippen LogP contribution < -0.4 is 4.74 Å². The van der Waals surface area contributed by atoms with Crippen LogP contribution in [-0.2, 0) is 23.9 Å². The lowest BCUT2D eigenvalue weighted by Gasteiger charge is -2.49. The summed E-state index contributed by atoms with van der Waals surface area (Å²) in [6, 6.07) is 14.4. The predicted octanol–water partition coefficient (Wildman–Crippen LogP) is 3.22. The van der Waals surface area contributed by atoms with Crippen LogP contribution in [0.3, 0.4) is 0 Å². The summed E-state index contributed by atoms with van der Waals surface area (Å²) in [4.78, 5) is 32.1. The van der Waals surface area contributed by atoms with E-state index in [-0.39, 0.29) is 13.0 Å². The van der Waals surface area contributed by atoms with Gasteiger partial charge in [0.1, 0.15) is 11.8 Å². The smallest absolute Gasteiger partial charge is 0.325 e. The monoisotopic (exact) mass is 409 g/mol. The SMILES string of the molecule is COC(=O)C1(C(=O)OC)CCON2C(c3ccc(OC)cc3)=Cc3ccccc3C21. The number of esters is 2. The number of hydrogen-bond acceptors (Lipinski definition) is 7. The Kier molecular flexibility index (Phi) is 5.22. The molecule has 7 heteroatoms. The van der Waals surface area contributed by atoms with Crippen LogP contribution in [0.25, 0.3) is 11.8 Å². The highest BCUT2D eigenvalue weighted by atomic mass is 16.7. The molecule has 2 aliphatic heterocycles. The third kappa shape index (κ3) is 2.93. The molecule has 0 saturated carbocycles. The Hall–Kier alpha value is -3.32. The van der Waals surface area contributed by atoms with Crippen LogP contribution >= 0.6 is 0 Å². The van der Waals surface area contributed by atoms with Crippen molar-refractivity contribution in [1.29, 1.82) is 0 Å². The average Bonchev–Trinajstić information content (AvgIpc) is 2.81. The summed E-state index contributed by atoms with van der Waals surface area (Å²) in [5, 5.41) is 1.64. The fourth-order valence-corrected chi connectivity index (χ4v) is 4.27. The van der Waals surface area contributed by atoms with Gasteiger partial charge in [-0.1, -0.05) is 24.3 Å². The van der Waals surface area contributed by atoms with E-state index in [9.17, 15) is 9.59 Å². The van der Waals surface area contributed by atoms with Crippen LogP contribution in [0.15, 0.2) is 48.5 Å². The lowest BCUT2D eigenvalue weighted by molar-refractivity contribution is -0.229. The van der Waals surface area contributed by atoms with Crippen LogP contribution in [0.2, 0.25) is 0 Å². The first-order valence-electron chi connectivity index (χ1n) is 9.61. The number of methoxy groups -OCH3 is 3. The van der Waals surface area contributed by atoms with E-state index >= 15 is 0 Å². The van der Waals surface area contributed by atoms with Crippen molar-refractivity contribution in [3.63, 3.8) is 0 Å².